The Kier molecular flexibility index (Phi) is 3.07. The van der Waals surface area contributed by atoms with Crippen LogP contribution in [0, 0.1) is 5.41 Å². The van der Waals surface area contributed by atoms with Crippen LogP contribution in [0.1, 0.15) is 38.5 Å². The summed E-state index contributed by atoms with van der Waals surface area (Å²) in [6.07, 6.45) is 11.9. The molecule has 1 aromatic heterocycles. The van der Waals surface area contributed by atoms with Gasteiger partial charge < -0.3 is 4.90 Å². The van der Waals surface area contributed by atoms with Gasteiger partial charge in [-0.3, -0.25) is 0 Å². The molecule has 4 heteroatoms. The van der Waals surface area contributed by atoms with Gasteiger partial charge in [0, 0.05) is 19.3 Å². The molecular formula is C13H18BrN3. The van der Waals surface area contributed by atoms with Gasteiger partial charge in [-0.15, -0.1) is 0 Å². The summed E-state index contributed by atoms with van der Waals surface area (Å²) in [6.45, 7) is 2.30. The van der Waals surface area contributed by atoms with E-state index < -0.39 is 0 Å². The third-order valence-electron chi connectivity index (χ3n) is 4.44. The summed E-state index contributed by atoms with van der Waals surface area (Å²) in [5, 5.41) is 0. The number of rotatable bonds is 1. The van der Waals surface area contributed by atoms with Crippen molar-refractivity contribution in [2.45, 2.75) is 38.5 Å². The average molecular weight is 296 g/mol. The summed E-state index contributed by atoms with van der Waals surface area (Å²) in [4.78, 5) is 10.8. The maximum Gasteiger partial charge on any atom is 0.146 e. The highest BCUT2D eigenvalue weighted by Crippen LogP contribution is 2.46. The van der Waals surface area contributed by atoms with Crippen molar-refractivity contribution in [2.24, 2.45) is 5.41 Å². The van der Waals surface area contributed by atoms with Gasteiger partial charge in [0.2, 0.25) is 0 Å². The topological polar surface area (TPSA) is 29.0 Å². The van der Waals surface area contributed by atoms with Crippen LogP contribution in [0.4, 0.5) is 5.82 Å². The molecule has 1 aromatic rings. The number of piperidine rings is 1. The molecule has 17 heavy (non-hydrogen) atoms. The largest absolute Gasteiger partial charge is 0.356 e. The summed E-state index contributed by atoms with van der Waals surface area (Å²) in [5.74, 6) is 1.06. The highest BCUT2D eigenvalue weighted by Gasteiger charge is 2.37. The molecule has 1 saturated carbocycles. The van der Waals surface area contributed by atoms with Crippen molar-refractivity contribution in [1.29, 1.82) is 0 Å². The van der Waals surface area contributed by atoms with E-state index in [0.717, 1.165) is 23.4 Å². The van der Waals surface area contributed by atoms with Crippen LogP contribution in [0.5, 0.6) is 0 Å². The molecule has 2 aliphatic rings. The number of nitrogens with zero attached hydrogens (tertiary/aromatic N) is 3. The Morgan fingerprint density at radius 1 is 1.12 bits per heavy atom. The Balaban J connectivity index is 1.71. The van der Waals surface area contributed by atoms with Crippen LogP contribution in [0.3, 0.4) is 0 Å². The SMILES string of the molecule is Brc1cncnc1N1CCC2(CCCC2)CC1. The quantitative estimate of drug-likeness (QED) is 0.795. The molecule has 0 aromatic carbocycles. The van der Waals surface area contributed by atoms with Crippen molar-refractivity contribution in [3.63, 3.8) is 0 Å². The van der Waals surface area contributed by atoms with Crippen LogP contribution < -0.4 is 4.90 Å². The lowest BCUT2D eigenvalue weighted by Gasteiger charge is -2.40. The third kappa shape index (κ3) is 2.19. The van der Waals surface area contributed by atoms with E-state index in [1.165, 1.54) is 38.5 Å². The molecule has 0 radical (unpaired) electrons. The van der Waals surface area contributed by atoms with E-state index in [9.17, 15) is 0 Å². The second-order valence-electron chi connectivity index (χ2n) is 5.39. The fraction of sp³-hybridized carbons (Fsp3) is 0.692. The summed E-state index contributed by atoms with van der Waals surface area (Å²) in [5.41, 5.74) is 0.677. The molecule has 3 rings (SSSR count). The van der Waals surface area contributed by atoms with Crippen LogP contribution in [-0.2, 0) is 0 Å². The van der Waals surface area contributed by atoms with Crippen LogP contribution in [0.15, 0.2) is 17.0 Å². The molecule has 3 nitrogen and oxygen atoms in total. The molecule has 2 heterocycles. The van der Waals surface area contributed by atoms with Gasteiger partial charge in [0.05, 0.1) is 4.47 Å². The summed E-state index contributed by atoms with van der Waals surface area (Å²) in [7, 11) is 0. The average Bonchev–Trinajstić information content (AvgIpc) is 2.80. The molecule has 0 bridgehead atoms. The van der Waals surface area contributed by atoms with Crippen LogP contribution in [0.2, 0.25) is 0 Å². The van der Waals surface area contributed by atoms with E-state index >= 15 is 0 Å². The van der Waals surface area contributed by atoms with Gasteiger partial charge in [-0.05, 0) is 47.0 Å². The van der Waals surface area contributed by atoms with Crippen LogP contribution in [0.25, 0.3) is 0 Å². The second-order valence-corrected chi connectivity index (χ2v) is 6.24. The number of anilines is 1. The zero-order valence-electron chi connectivity index (χ0n) is 10.0. The minimum Gasteiger partial charge on any atom is -0.356 e. The number of hydrogen-bond acceptors (Lipinski definition) is 3. The molecule has 1 spiro atoms. The highest BCUT2D eigenvalue weighted by atomic mass is 79.9. The van der Waals surface area contributed by atoms with Gasteiger partial charge >= 0.3 is 0 Å². The fourth-order valence-corrected chi connectivity index (χ4v) is 3.83. The smallest absolute Gasteiger partial charge is 0.146 e. The van der Waals surface area contributed by atoms with Crippen molar-refractivity contribution >= 4 is 21.7 Å². The molecule has 92 valence electrons. The maximum absolute atomic E-state index is 4.38. The number of halogens is 1. The monoisotopic (exact) mass is 295 g/mol. The predicted molar refractivity (Wildman–Crippen MR) is 72.1 cm³/mol. The minimum atomic E-state index is 0.677. The Hall–Kier alpha value is -0.640. The van der Waals surface area contributed by atoms with Crippen molar-refractivity contribution < 1.29 is 0 Å². The van der Waals surface area contributed by atoms with Crippen LogP contribution in [-0.4, -0.2) is 23.1 Å². The van der Waals surface area contributed by atoms with Crippen LogP contribution >= 0.6 is 15.9 Å². The zero-order valence-corrected chi connectivity index (χ0v) is 11.6. The first-order valence-corrected chi connectivity index (χ1v) is 7.29. The molecule has 0 amide bonds. The van der Waals surface area contributed by atoms with E-state index in [2.05, 4.69) is 30.8 Å². The van der Waals surface area contributed by atoms with E-state index in [1.54, 1.807) is 6.33 Å². The molecule has 1 aliphatic carbocycles. The molecule has 2 fully saturated rings. The summed E-state index contributed by atoms with van der Waals surface area (Å²) >= 11 is 3.54. The van der Waals surface area contributed by atoms with Gasteiger partial charge in [0.1, 0.15) is 12.1 Å². The summed E-state index contributed by atoms with van der Waals surface area (Å²) in [6, 6.07) is 0. The Labute approximate surface area is 111 Å². The predicted octanol–water partition coefficient (Wildman–Crippen LogP) is 3.40. The van der Waals surface area contributed by atoms with E-state index in [4.69, 9.17) is 0 Å². The van der Waals surface area contributed by atoms with Gasteiger partial charge in [0.15, 0.2) is 0 Å². The van der Waals surface area contributed by atoms with Gasteiger partial charge in [-0.2, -0.15) is 0 Å². The fourth-order valence-electron chi connectivity index (χ4n) is 3.36. The summed E-state index contributed by atoms with van der Waals surface area (Å²) < 4.78 is 1.02. The van der Waals surface area contributed by atoms with Crippen molar-refractivity contribution in [3.05, 3.63) is 17.0 Å². The molecule has 0 unspecified atom stereocenters. The van der Waals surface area contributed by atoms with Crippen molar-refractivity contribution in [3.8, 4) is 0 Å². The van der Waals surface area contributed by atoms with E-state index in [0.29, 0.717) is 5.41 Å². The Morgan fingerprint density at radius 2 is 1.82 bits per heavy atom. The molecule has 1 saturated heterocycles. The van der Waals surface area contributed by atoms with Gasteiger partial charge in [-0.25, -0.2) is 9.97 Å². The normalized spacial score (nSPS) is 23.2. The van der Waals surface area contributed by atoms with Gasteiger partial charge in [0.25, 0.3) is 0 Å². The van der Waals surface area contributed by atoms with E-state index in [1.807, 2.05) is 6.20 Å². The lowest BCUT2D eigenvalue weighted by atomic mass is 9.77. The highest BCUT2D eigenvalue weighted by molar-refractivity contribution is 9.10. The van der Waals surface area contributed by atoms with Gasteiger partial charge in [-0.1, -0.05) is 12.8 Å². The maximum atomic E-state index is 4.38. The van der Waals surface area contributed by atoms with E-state index in [-0.39, 0.29) is 0 Å². The first kappa shape index (κ1) is 11.5. The molecule has 1 aliphatic heterocycles. The second kappa shape index (κ2) is 4.56. The first-order chi connectivity index (χ1) is 8.29. The lowest BCUT2D eigenvalue weighted by molar-refractivity contribution is 0.226. The lowest BCUT2D eigenvalue weighted by Crippen LogP contribution is -2.39. The standard InChI is InChI=1S/C13H18BrN3/c14-11-9-15-10-16-12(11)17-7-5-13(6-8-17)3-1-2-4-13/h9-10H,1-8H2. The van der Waals surface area contributed by atoms with Crippen molar-refractivity contribution in [1.82, 2.24) is 9.97 Å². The molecule has 0 N–H and O–H groups in total. The first-order valence-electron chi connectivity index (χ1n) is 6.50. The minimum absolute atomic E-state index is 0.677. The molecular weight excluding hydrogens is 278 g/mol. The molecule has 0 atom stereocenters. The Morgan fingerprint density at radius 3 is 2.47 bits per heavy atom. The number of aromatic nitrogens is 2. The third-order valence-corrected chi connectivity index (χ3v) is 5.00. The Bertz CT molecular complexity index is 391. The zero-order chi connectivity index (χ0) is 11.7. The van der Waals surface area contributed by atoms with Crippen molar-refractivity contribution in [2.75, 3.05) is 18.0 Å². The number of hydrogen-bond donors (Lipinski definition) is 0.